The predicted octanol–water partition coefficient (Wildman–Crippen LogP) is 3.39. The molecule has 1 aliphatic carbocycles. The second-order valence-corrected chi connectivity index (χ2v) is 6.16. The van der Waals surface area contributed by atoms with E-state index in [2.05, 4.69) is 15.9 Å². The minimum absolute atomic E-state index is 0.158. The molecule has 1 aromatic heterocycles. The monoisotopic (exact) mass is 369 g/mol. The van der Waals surface area contributed by atoms with Crippen molar-refractivity contribution in [3.8, 4) is 0 Å². The van der Waals surface area contributed by atoms with Crippen LogP contribution in [0.4, 0.5) is 0 Å². The minimum Gasteiger partial charge on any atom is -0.452 e. The normalized spacial score (nSPS) is 15.9. The van der Waals surface area contributed by atoms with E-state index in [9.17, 15) is 9.59 Å². The van der Waals surface area contributed by atoms with Gasteiger partial charge in [0.25, 0.3) is 5.91 Å². The Balaban J connectivity index is 1.75. The molecule has 0 spiro atoms. The van der Waals surface area contributed by atoms with Crippen LogP contribution in [-0.2, 0) is 14.3 Å². The van der Waals surface area contributed by atoms with Crippen molar-refractivity contribution in [1.82, 2.24) is 4.90 Å². The molecule has 6 heteroatoms. The van der Waals surface area contributed by atoms with Crippen LogP contribution in [0.3, 0.4) is 0 Å². The first-order chi connectivity index (χ1) is 10.6. The van der Waals surface area contributed by atoms with Crippen LogP contribution in [0, 0.1) is 0 Å². The summed E-state index contributed by atoms with van der Waals surface area (Å²) < 4.78 is 10.8. The number of likely N-dealkylation sites (N-methyl/N-ethyl adjacent to an activating group) is 1. The van der Waals surface area contributed by atoms with Gasteiger partial charge in [0.2, 0.25) is 0 Å². The second-order valence-electron chi connectivity index (χ2n) is 5.38. The Kier molecular flexibility index (Phi) is 6.24. The van der Waals surface area contributed by atoms with Gasteiger partial charge < -0.3 is 14.1 Å². The van der Waals surface area contributed by atoms with E-state index in [0.717, 1.165) is 25.7 Å². The predicted molar refractivity (Wildman–Crippen MR) is 86.0 cm³/mol. The van der Waals surface area contributed by atoms with Gasteiger partial charge in [-0.3, -0.25) is 4.79 Å². The highest BCUT2D eigenvalue weighted by Gasteiger charge is 2.22. The van der Waals surface area contributed by atoms with Crippen LogP contribution < -0.4 is 0 Å². The number of halogens is 1. The number of hydrogen-bond acceptors (Lipinski definition) is 4. The Bertz CT molecular complexity index is 546. The molecule has 0 atom stereocenters. The number of ether oxygens (including phenoxy) is 1. The summed E-state index contributed by atoms with van der Waals surface area (Å²) in [7, 11) is 1.78. The first-order valence-corrected chi connectivity index (χ1v) is 8.21. The molecule has 0 radical (unpaired) electrons. The van der Waals surface area contributed by atoms with Crippen molar-refractivity contribution in [2.75, 3.05) is 13.7 Å². The molecule has 1 saturated carbocycles. The van der Waals surface area contributed by atoms with Crippen molar-refractivity contribution >= 4 is 33.9 Å². The smallest absolute Gasteiger partial charge is 0.331 e. The van der Waals surface area contributed by atoms with E-state index in [-0.39, 0.29) is 18.6 Å². The van der Waals surface area contributed by atoms with Gasteiger partial charge in [0, 0.05) is 19.2 Å². The zero-order chi connectivity index (χ0) is 15.9. The third kappa shape index (κ3) is 5.02. The summed E-state index contributed by atoms with van der Waals surface area (Å²) in [6, 6.07) is 3.72. The van der Waals surface area contributed by atoms with Gasteiger partial charge >= 0.3 is 5.97 Å². The van der Waals surface area contributed by atoms with E-state index in [4.69, 9.17) is 9.15 Å². The minimum atomic E-state index is -0.557. The Morgan fingerprint density at radius 2 is 2.09 bits per heavy atom. The molecular weight excluding hydrogens is 350 g/mol. The summed E-state index contributed by atoms with van der Waals surface area (Å²) in [6.45, 7) is -0.224. The molecule has 0 bridgehead atoms. The number of rotatable bonds is 5. The third-order valence-corrected chi connectivity index (χ3v) is 4.26. The van der Waals surface area contributed by atoms with E-state index in [1.807, 2.05) is 0 Å². The third-order valence-electron chi connectivity index (χ3n) is 3.83. The number of carbonyl (C=O) groups excluding carboxylic acids is 2. The summed E-state index contributed by atoms with van der Waals surface area (Å²) in [5, 5.41) is 0. The van der Waals surface area contributed by atoms with E-state index in [1.54, 1.807) is 24.1 Å². The summed E-state index contributed by atoms with van der Waals surface area (Å²) >= 11 is 3.18. The average molecular weight is 370 g/mol. The Morgan fingerprint density at radius 1 is 1.36 bits per heavy atom. The molecule has 1 aliphatic rings. The molecule has 0 aromatic carbocycles. The maximum absolute atomic E-state index is 12.0. The van der Waals surface area contributed by atoms with Crippen LogP contribution in [-0.4, -0.2) is 36.5 Å². The van der Waals surface area contributed by atoms with Crippen molar-refractivity contribution in [2.45, 2.75) is 38.1 Å². The molecule has 1 aromatic rings. The van der Waals surface area contributed by atoms with Gasteiger partial charge in [-0.1, -0.05) is 19.3 Å². The Hall–Kier alpha value is -1.56. The van der Waals surface area contributed by atoms with Crippen molar-refractivity contribution in [3.05, 3.63) is 28.6 Å². The van der Waals surface area contributed by atoms with Crippen molar-refractivity contribution < 1.29 is 18.7 Å². The van der Waals surface area contributed by atoms with Crippen molar-refractivity contribution in [3.63, 3.8) is 0 Å². The van der Waals surface area contributed by atoms with Gasteiger partial charge in [-0.15, -0.1) is 0 Å². The average Bonchev–Trinajstić information content (AvgIpc) is 2.96. The number of carbonyl (C=O) groups is 2. The van der Waals surface area contributed by atoms with Gasteiger partial charge in [0.05, 0.1) is 0 Å². The number of furan rings is 1. The van der Waals surface area contributed by atoms with Crippen molar-refractivity contribution in [1.29, 1.82) is 0 Å². The lowest BCUT2D eigenvalue weighted by Gasteiger charge is -2.31. The molecule has 1 amide bonds. The maximum atomic E-state index is 12.0. The first-order valence-electron chi connectivity index (χ1n) is 7.42. The number of hydrogen-bond donors (Lipinski definition) is 0. The summed E-state index contributed by atoms with van der Waals surface area (Å²) in [5.41, 5.74) is 0. The first kappa shape index (κ1) is 16.8. The molecule has 2 rings (SSSR count). The van der Waals surface area contributed by atoms with Gasteiger partial charge in [-0.25, -0.2) is 4.79 Å². The standard InChI is InChI=1S/C16H20BrNO4/c1-18(12-5-3-2-4-6-12)15(19)11-21-16(20)10-8-13-7-9-14(17)22-13/h7-10,12H,2-6,11H2,1H3. The number of amides is 1. The molecule has 0 N–H and O–H groups in total. The maximum Gasteiger partial charge on any atom is 0.331 e. The van der Waals surface area contributed by atoms with Crippen LogP contribution in [0.25, 0.3) is 6.08 Å². The molecule has 0 unspecified atom stereocenters. The fourth-order valence-electron chi connectivity index (χ4n) is 2.52. The van der Waals surface area contributed by atoms with E-state index >= 15 is 0 Å². The molecule has 1 heterocycles. The Morgan fingerprint density at radius 3 is 2.73 bits per heavy atom. The lowest BCUT2D eigenvalue weighted by molar-refractivity contribution is -0.148. The van der Waals surface area contributed by atoms with Gasteiger partial charge in [0.1, 0.15) is 5.76 Å². The van der Waals surface area contributed by atoms with Crippen LogP contribution in [0.1, 0.15) is 37.9 Å². The molecule has 120 valence electrons. The molecule has 0 saturated heterocycles. The lowest BCUT2D eigenvalue weighted by Crippen LogP contribution is -2.40. The van der Waals surface area contributed by atoms with E-state index < -0.39 is 5.97 Å². The zero-order valence-electron chi connectivity index (χ0n) is 12.6. The topological polar surface area (TPSA) is 59.8 Å². The summed E-state index contributed by atoms with van der Waals surface area (Å²) in [5.74, 6) is -0.179. The van der Waals surface area contributed by atoms with Crippen LogP contribution in [0.5, 0.6) is 0 Å². The quantitative estimate of drug-likeness (QED) is 0.589. The molecular formula is C16H20BrNO4. The highest BCUT2D eigenvalue weighted by atomic mass is 79.9. The van der Waals surface area contributed by atoms with E-state index in [0.29, 0.717) is 10.4 Å². The number of nitrogens with zero attached hydrogens (tertiary/aromatic N) is 1. The van der Waals surface area contributed by atoms with Crippen molar-refractivity contribution in [2.24, 2.45) is 0 Å². The second kappa shape index (κ2) is 8.17. The highest BCUT2D eigenvalue weighted by Crippen LogP contribution is 2.21. The fourth-order valence-corrected chi connectivity index (χ4v) is 2.84. The zero-order valence-corrected chi connectivity index (χ0v) is 14.2. The Labute approximate surface area is 138 Å². The molecule has 1 fully saturated rings. The van der Waals surface area contributed by atoms with Gasteiger partial charge in [-0.2, -0.15) is 0 Å². The van der Waals surface area contributed by atoms with Gasteiger partial charge in [-0.05, 0) is 47.0 Å². The van der Waals surface area contributed by atoms with E-state index in [1.165, 1.54) is 18.6 Å². The number of esters is 1. The molecule has 22 heavy (non-hydrogen) atoms. The van der Waals surface area contributed by atoms with Gasteiger partial charge in [0.15, 0.2) is 11.3 Å². The lowest BCUT2D eigenvalue weighted by atomic mass is 9.94. The largest absolute Gasteiger partial charge is 0.452 e. The highest BCUT2D eigenvalue weighted by molar-refractivity contribution is 9.10. The SMILES string of the molecule is CN(C(=O)COC(=O)C=Cc1ccc(Br)o1)C1CCCCC1. The summed E-state index contributed by atoms with van der Waals surface area (Å²) in [6.07, 6.45) is 8.36. The fraction of sp³-hybridized carbons (Fsp3) is 0.500. The molecule has 5 nitrogen and oxygen atoms in total. The van der Waals surface area contributed by atoms with Crippen LogP contribution in [0.2, 0.25) is 0 Å². The van der Waals surface area contributed by atoms with Crippen LogP contribution in [0.15, 0.2) is 27.3 Å². The summed E-state index contributed by atoms with van der Waals surface area (Å²) in [4.78, 5) is 25.3. The van der Waals surface area contributed by atoms with Crippen LogP contribution >= 0.6 is 15.9 Å². The molecule has 0 aliphatic heterocycles.